The third kappa shape index (κ3) is 7.75. The summed E-state index contributed by atoms with van der Waals surface area (Å²) in [6.07, 6.45) is 3.11. The lowest BCUT2D eigenvalue weighted by Gasteiger charge is -2.27. The maximum Gasteiger partial charge on any atom is 0.241 e. The molecule has 0 aliphatic carbocycles. The average Bonchev–Trinajstić information content (AvgIpc) is 3.03. The van der Waals surface area contributed by atoms with Crippen molar-refractivity contribution in [1.82, 2.24) is 19.4 Å². The molecule has 10 heteroatoms. The van der Waals surface area contributed by atoms with E-state index in [-0.39, 0.29) is 16.7 Å². The molecule has 1 aliphatic heterocycles. The van der Waals surface area contributed by atoms with Gasteiger partial charge >= 0.3 is 0 Å². The number of hydrogen-bond donors (Lipinski definition) is 1. The largest absolute Gasteiger partial charge is 0.342 e. The molecule has 1 heterocycles. The first-order valence-corrected chi connectivity index (χ1v) is 14.0. The Bertz CT molecular complexity index is 832. The lowest BCUT2D eigenvalue weighted by Crippen LogP contribution is -2.50. The van der Waals surface area contributed by atoms with Gasteiger partial charge in [0, 0.05) is 39.3 Å². The summed E-state index contributed by atoms with van der Waals surface area (Å²) in [5.74, 6) is 0.574. The molecule has 1 aromatic carbocycles. The number of likely N-dealkylation sites (N-methyl/N-ethyl adjacent to an activating group) is 1. The molecule has 1 aliphatic rings. The zero-order valence-corrected chi connectivity index (χ0v) is 21.0. The van der Waals surface area contributed by atoms with Crippen molar-refractivity contribution in [1.29, 1.82) is 0 Å². The van der Waals surface area contributed by atoms with E-state index in [1.807, 2.05) is 25.0 Å². The van der Waals surface area contributed by atoms with Gasteiger partial charge in [-0.3, -0.25) is 14.5 Å². The number of nitrogens with zero attached hydrogens (tertiary/aromatic N) is 3. The number of hydrogen-bond acceptors (Lipinski definition) is 6. The van der Waals surface area contributed by atoms with E-state index in [2.05, 4.69) is 9.62 Å². The highest BCUT2D eigenvalue weighted by Crippen LogP contribution is 2.14. The van der Waals surface area contributed by atoms with E-state index in [1.165, 1.54) is 12.1 Å². The van der Waals surface area contributed by atoms with E-state index in [4.69, 9.17) is 0 Å². The molecule has 1 aromatic rings. The van der Waals surface area contributed by atoms with Crippen LogP contribution in [0, 0.1) is 0 Å². The van der Waals surface area contributed by atoms with Crippen molar-refractivity contribution in [3.05, 3.63) is 30.3 Å². The highest BCUT2D eigenvalue weighted by molar-refractivity contribution is 7.98. The maximum atomic E-state index is 13.3. The number of rotatable bonds is 11. The van der Waals surface area contributed by atoms with Crippen LogP contribution in [0.2, 0.25) is 0 Å². The van der Waals surface area contributed by atoms with E-state index < -0.39 is 16.1 Å². The monoisotopic (exact) mass is 484 g/mol. The Labute approximate surface area is 196 Å². The van der Waals surface area contributed by atoms with Crippen molar-refractivity contribution in [3.8, 4) is 0 Å². The molecule has 1 atom stereocenters. The van der Waals surface area contributed by atoms with Crippen LogP contribution in [0.25, 0.3) is 0 Å². The first-order valence-electron chi connectivity index (χ1n) is 11.2. The highest BCUT2D eigenvalue weighted by Gasteiger charge is 2.30. The summed E-state index contributed by atoms with van der Waals surface area (Å²) in [7, 11) is -3.79. The van der Waals surface area contributed by atoms with E-state index >= 15 is 0 Å². The van der Waals surface area contributed by atoms with Crippen molar-refractivity contribution < 1.29 is 18.0 Å². The molecule has 0 aromatic heterocycles. The maximum absolute atomic E-state index is 13.3. The number of carbonyl (C=O) groups is 2. The Morgan fingerprint density at radius 3 is 2.41 bits per heavy atom. The molecule has 0 bridgehead atoms. The highest BCUT2D eigenvalue weighted by atomic mass is 32.2. The SMILES string of the molecule is CCN(CC)C(=O)CN1CCCN(C(=O)C(CCSC)NS(=O)(=O)c2ccccc2)CC1. The summed E-state index contributed by atoms with van der Waals surface area (Å²) in [6.45, 7) is 8.02. The fourth-order valence-electron chi connectivity index (χ4n) is 3.76. The van der Waals surface area contributed by atoms with Gasteiger partial charge < -0.3 is 9.80 Å². The summed E-state index contributed by atoms with van der Waals surface area (Å²) in [6, 6.07) is 7.32. The molecule has 1 N–H and O–H groups in total. The molecule has 1 unspecified atom stereocenters. The van der Waals surface area contributed by atoms with Crippen LogP contribution in [-0.4, -0.2) is 98.8 Å². The van der Waals surface area contributed by atoms with Gasteiger partial charge in [-0.2, -0.15) is 16.5 Å². The molecule has 0 saturated carbocycles. The van der Waals surface area contributed by atoms with Crippen LogP contribution < -0.4 is 4.72 Å². The molecule has 32 heavy (non-hydrogen) atoms. The third-order valence-corrected chi connectivity index (χ3v) is 7.77. The van der Waals surface area contributed by atoms with Gasteiger partial charge in [0.05, 0.1) is 11.4 Å². The van der Waals surface area contributed by atoms with Crippen molar-refractivity contribution in [2.75, 3.05) is 57.8 Å². The molecule has 1 saturated heterocycles. The normalized spacial score (nSPS) is 16.4. The minimum Gasteiger partial charge on any atom is -0.342 e. The zero-order valence-electron chi connectivity index (χ0n) is 19.3. The van der Waals surface area contributed by atoms with Gasteiger partial charge in [0.2, 0.25) is 21.8 Å². The standard InChI is InChI=1S/C22H36N4O4S2/c1-4-25(5-2)21(27)18-24-13-9-14-26(16-15-24)22(28)20(12-17-31-3)23-32(29,30)19-10-7-6-8-11-19/h6-8,10-11,20,23H,4-5,9,12-18H2,1-3H3. The van der Waals surface area contributed by atoms with E-state index in [0.717, 1.165) is 13.0 Å². The number of thioether (sulfide) groups is 1. The van der Waals surface area contributed by atoms with Crippen LogP contribution in [0.15, 0.2) is 35.2 Å². The molecule has 0 spiro atoms. The van der Waals surface area contributed by atoms with Crippen LogP contribution in [0.1, 0.15) is 26.7 Å². The Kier molecular flexibility index (Phi) is 11.0. The number of amides is 2. The molecule has 1 fully saturated rings. The molecule has 180 valence electrons. The summed E-state index contributed by atoms with van der Waals surface area (Å²) in [5, 5.41) is 0. The van der Waals surface area contributed by atoms with Gasteiger partial charge in [-0.05, 0) is 50.8 Å². The molecule has 8 nitrogen and oxygen atoms in total. The minimum atomic E-state index is -3.79. The second-order valence-electron chi connectivity index (χ2n) is 7.79. The van der Waals surface area contributed by atoms with Crippen LogP contribution >= 0.6 is 11.8 Å². The topological polar surface area (TPSA) is 90.0 Å². The summed E-state index contributed by atoms with van der Waals surface area (Å²) < 4.78 is 28.3. The van der Waals surface area contributed by atoms with Crippen LogP contribution in [-0.2, 0) is 19.6 Å². The smallest absolute Gasteiger partial charge is 0.241 e. The Morgan fingerprint density at radius 1 is 1.09 bits per heavy atom. The van der Waals surface area contributed by atoms with Gasteiger partial charge in [-0.25, -0.2) is 8.42 Å². The van der Waals surface area contributed by atoms with Crippen molar-refractivity contribution >= 4 is 33.6 Å². The van der Waals surface area contributed by atoms with Crippen LogP contribution in [0.3, 0.4) is 0 Å². The van der Waals surface area contributed by atoms with Crippen LogP contribution in [0.4, 0.5) is 0 Å². The summed E-state index contributed by atoms with van der Waals surface area (Å²) in [4.78, 5) is 31.5. The van der Waals surface area contributed by atoms with Gasteiger partial charge in [0.15, 0.2) is 0 Å². The second-order valence-corrected chi connectivity index (χ2v) is 10.5. The Hall–Kier alpha value is -1.62. The first-order chi connectivity index (χ1) is 15.3. The number of benzene rings is 1. The lowest BCUT2D eigenvalue weighted by atomic mass is 10.2. The average molecular weight is 485 g/mol. The van der Waals surface area contributed by atoms with Gasteiger partial charge in [0.1, 0.15) is 6.04 Å². The van der Waals surface area contributed by atoms with Gasteiger partial charge in [-0.15, -0.1) is 0 Å². The lowest BCUT2D eigenvalue weighted by molar-refractivity contribution is -0.132. The van der Waals surface area contributed by atoms with Gasteiger partial charge in [-0.1, -0.05) is 18.2 Å². The van der Waals surface area contributed by atoms with Gasteiger partial charge in [0.25, 0.3) is 0 Å². The van der Waals surface area contributed by atoms with Crippen LogP contribution in [0.5, 0.6) is 0 Å². The predicted octanol–water partition coefficient (Wildman–Crippen LogP) is 1.49. The molecular weight excluding hydrogens is 448 g/mol. The number of carbonyl (C=O) groups excluding carboxylic acids is 2. The summed E-state index contributed by atoms with van der Waals surface area (Å²) in [5.41, 5.74) is 0. The van der Waals surface area contributed by atoms with E-state index in [1.54, 1.807) is 34.9 Å². The van der Waals surface area contributed by atoms with Crippen molar-refractivity contribution in [2.24, 2.45) is 0 Å². The zero-order chi connectivity index (χ0) is 23.6. The third-order valence-electron chi connectivity index (χ3n) is 5.63. The van der Waals surface area contributed by atoms with E-state index in [9.17, 15) is 18.0 Å². The Balaban J connectivity index is 2.04. The Morgan fingerprint density at radius 2 is 1.78 bits per heavy atom. The number of nitrogens with one attached hydrogen (secondary N) is 1. The fraction of sp³-hybridized carbons (Fsp3) is 0.636. The molecule has 2 rings (SSSR count). The number of sulfonamides is 1. The molecule has 0 radical (unpaired) electrons. The quantitative estimate of drug-likeness (QED) is 0.512. The summed E-state index contributed by atoms with van der Waals surface area (Å²) >= 11 is 1.58. The van der Waals surface area contributed by atoms with Crippen molar-refractivity contribution in [2.45, 2.75) is 37.6 Å². The second kappa shape index (κ2) is 13.2. The fourth-order valence-corrected chi connectivity index (χ4v) is 5.48. The van der Waals surface area contributed by atoms with Crippen molar-refractivity contribution in [3.63, 3.8) is 0 Å². The molecule has 2 amide bonds. The first kappa shape index (κ1) is 26.6. The minimum absolute atomic E-state index is 0.100. The van der Waals surface area contributed by atoms with E-state index in [0.29, 0.717) is 51.4 Å². The molecular formula is C22H36N4O4S2. The predicted molar refractivity (Wildman–Crippen MR) is 129 cm³/mol.